The third-order valence-electron chi connectivity index (χ3n) is 5.66. The Labute approximate surface area is 174 Å². The number of nitrogens with one attached hydrogen (secondary N) is 1. The van der Waals surface area contributed by atoms with Crippen molar-refractivity contribution in [1.82, 2.24) is 15.1 Å². The van der Waals surface area contributed by atoms with Crippen molar-refractivity contribution in [2.75, 3.05) is 13.1 Å². The number of aliphatic carboxylic acids is 2. The molecule has 2 fully saturated rings. The van der Waals surface area contributed by atoms with Gasteiger partial charge < -0.3 is 31.1 Å². The fourth-order valence-corrected chi connectivity index (χ4v) is 3.91. The number of hydrogen-bond acceptors (Lipinski definition) is 6. The van der Waals surface area contributed by atoms with Crippen LogP contribution < -0.4 is 11.1 Å². The van der Waals surface area contributed by atoms with E-state index in [4.69, 9.17) is 5.73 Å². The highest BCUT2D eigenvalue weighted by Gasteiger charge is 2.44. The summed E-state index contributed by atoms with van der Waals surface area (Å²) < 4.78 is 0. The zero-order valence-electron chi connectivity index (χ0n) is 17.2. The van der Waals surface area contributed by atoms with E-state index >= 15 is 0 Å². The monoisotopic (exact) mass is 426 g/mol. The molecule has 2 aliphatic heterocycles. The van der Waals surface area contributed by atoms with Crippen LogP contribution in [0.2, 0.25) is 0 Å². The molecule has 11 nitrogen and oxygen atoms in total. The highest BCUT2D eigenvalue weighted by molar-refractivity contribution is 5.96. The summed E-state index contributed by atoms with van der Waals surface area (Å²) in [7, 11) is 0. The summed E-state index contributed by atoms with van der Waals surface area (Å²) >= 11 is 0. The first-order valence-corrected chi connectivity index (χ1v) is 10.2. The van der Waals surface area contributed by atoms with Crippen LogP contribution in [0, 0.1) is 5.92 Å². The Morgan fingerprint density at radius 2 is 1.57 bits per heavy atom. The smallest absolute Gasteiger partial charge is 0.326 e. The zero-order chi connectivity index (χ0) is 22.6. The topological polar surface area (TPSA) is 170 Å². The van der Waals surface area contributed by atoms with Crippen molar-refractivity contribution < 1.29 is 34.2 Å². The molecule has 2 saturated heterocycles. The van der Waals surface area contributed by atoms with E-state index in [-0.39, 0.29) is 12.5 Å². The molecule has 2 rings (SSSR count). The van der Waals surface area contributed by atoms with Gasteiger partial charge in [-0.05, 0) is 31.6 Å². The van der Waals surface area contributed by atoms with E-state index in [1.165, 1.54) is 9.80 Å². The Kier molecular flexibility index (Phi) is 7.77. The predicted octanol–water partition coefficient (Wildman–Crippen LogP) is -1.00. The number of nitrogens with two attached hydrogens (primary N) is 1. The summed E-state index contributed by atoms with van der Waals surface area (Å²) in [5, 5.41) is 20.9. The fourth-order valence-electron chi connectivity index (χ4n) is 3.91. The van der Waals surface area contributed by atoms with Gasteiger partial charge in [-0.2, -0.15) is 0 Å². The zero-order valence-corrected chi connectivity index (χ0v) is 17.2. The number of carboxylic acids is 2. The maximum absolute atomic E-state index is 13.1. The quantitative estimate of drug-likeness (QED) is 0.383. The minimum absolute atomic E-state index is 0.213. The molecule has 0 aromatic carbocycles. The van der Waals surface area contributed by atoms with Crippen LogP contribution in [0.4, 0.5) is 0 Å². The lowest BCUT2D eigenvalue weighted by atomic mass is 10.0. The molecule has 0 radical (unpaired) electrons. The van der Waals surface area contributed by atoms with Crippen molar-refractivity contribution in [2.24, 2.45) is 11.7 Å². The van der Waals surface area contributed by atoms with E-state index in [1.807, 2.05) is 0 Å². The molecule has 0 aliphatic carbocycles. The molecule has 0 aromatic heterocycles. The second-order valence-corrected chi connectivity index (χ2v) is 8.15. The molecule has 2 heterocycles. The van der Waals surface area contributed by atoms with Crippen LogP contribution in [-0.4, -0.2) is 86.9 Å². The average molecular weight is 426 g/mol. The van der Waals surface area contributed by atoms with Gasteiger partial charge in [0.25, 0.3) is 0 Å². The van der Waals surface area contributed by atoms with E-state index in [0.717, 1.165) is 0 Å². The van der Waals surface area contributed by atoms with Gasteiger partial charge in [-0.3, -0.25) is 19.2 Å². The Hall–Kier alpha value is -2.69. The molecule has 0 spiro atoms. The van der Waals surface area contributed by atoms with Gasteiger partial charge in [-0.1, -0.05) is 13.8 Å². The predicted molar refractivity (Wildman–Crippen MR) is 104 cm³/mol. The van der Waals surface area contributed by atoms with Gasteiger partial charge in [-0.25, -0.2) is 4.79 Å². The van der Waals surface area contributed by atoms with E-state index < -0.39 is 60.2 Å². The van der Waals surface area contributed by atoms with Crippen LogP contribution in [0.15, 0.2) is 0 Å². The SMILES string of the molecule is CC(C)[C@H](N)C(=O)N[C@@H](CC(=O)O)C(=O)N1CCC[C@H]1C(=O)N1CCC[C@H]1C(=O)O. The van der Waals surface area contributed by atoms with E-state index in [0.29, 0.717) is 32.2 Å². The molecule has 5 N–H and O–H groups in total. The lowest BCUT2D eigenvalue weighted by Gasteiger charge is -2.32. The van der Waals surface area contributed by atoms with E-state index in [9.17, 15) is 34.2 Å². The number of nitrogens with zero attached hydrogens (tertiary/aromatic N) is 2. The van der Waals surface area contributed by atoms with Crippen molar-refractivity contribution in [3.63, 3.8) is 0 Å². The number of carboxylic acid groups (broad SMARTS) is 2. The van der Waals surface area contributed by atoms with Crippen molar-refractivity contribution in [3.05, 3.63) is 0 Å². The van der Waals surface area contributed by atoms with Gasteiger partial charge >= 0.3 is 11.9 Å². The number of carbonyl (C=O) groups is 5. The molecular weight excluding hydrogens is 396 g/mol. The second kappa shape index (κ2) is 9.88. The summed E-state index contributed by atoms with van der Waals surface area (Å²) in [5.41, 5.74) is 5.79. The maximum atomic E-state index is 13.1. The Bertz CT molecular complexity index is 711. The lowest BCUT2D eigenvalue weighted by molar-refractivity contribution is -0.153. The number of amides is 3. The van der Waals surface area contributed by atoms with Gasteiger partial charge in [0, 0.05) is 13.1 Å². The third-order valence-corrected chi connectivity index (χ3v) is 5.66. The van der Waals surface area contributed by atoms with Crippen LogP contribution in [0.5, 0.6) is 0 Å². The van der Waals surface area contributed by atoms with Crippen molar-refractivity contribution in [2.45, 2.75) is 70.1 Å². The highest BCUT2D eigenvalue weighted by atomic mass is 16.4. The Balaban J connectivity index is 2.17. The first kappa shape index (κ1) is 23.6. The fraction of sp³-hybridized carbons (Fsp3) is 0.737. The largest absolute Gasteiger partial charge is 0.481 e. The molecule has 3 amide bonds. The van der Waals surface area contributed by atoms with Crippen molar-refractivity contribution in [3.8, 4) is 0 Å². The van der Waals surface area contributed by atoms with Gasteiger partial charge in [0.2, 0.25) is 17.7 Å². The minimum Gasteiger partial charge on any atom is -0.481 e. The second-order valence-electron chi connectivity index (χ2n) is 8.15. The van der Waals surface area contributed by atoms with Crippen molar-refractivity contribution >= 4 is 29.7 Å². The Morgan fingerprint density at radius 3 is 2.10 bits per heavy atom. The minimum atomic E-state index is -1.36. The van der Waals surface area contributed by atoms with E-state index in [2.05, 4.69) is 5.32 Å². The molecule has 30 heavy (non-hydrogen) atoms. The molecule has 0 saturated carbocycles. The first-order valence-electron chi connectivity index (χ1n) is 10.2. The molecule has 0 aromatic rings. The normalized spacial score (nSPS) is 23.3. The molecule has 0 unspecified atom stereocenters. The summed E-state index contributed by atoms with van der Waals surface area (Å²) in [6, 6.07) is -4.06. The standard InChI is InChI=1S/C19H30N4O7/c1-10(2)15(20)16(26)21-11(9-14(24)25)17(27)22-7-3-5-12(22)18(28)23-8-4-6-13(23)19(29)30/h10-13,15H,3-9,20H2,1-2H3,(H,21,26)(H,24,25)(H,29,30)/t11-,12-,13-,15-/m0/s1. The lowest BCUT2D eigenvalue weighted by Crippen LogP contribution is -2.57. The van der Waals surface area contributed by atoms with Gasteiger partial charge in [0.05, 0.1) is 12.5 Å². The number of rotatable bonds is 8. The highest BCUT2D eigenvalue weighted by Crippen LogP contribution is 2.25. The maximum Gasteiger partial charge on any atom is 0.326 e. The molecule has 4 atom stereocenters. The number of likely N-dealkylation sites (tertiary alicyclic amines) is 2. The number of hydrogen-bond donors (Lipinski definition) is 4. The molecule has 2 aliphatic rings. The summed E-state index contributed by atoms with van der Waals surface area (Å²) in [6.07, 6.45) is 1.15. The van der Waals surface area contributed by atoms with Crippen LogP contribution in [0.3, 0.4) is 0 Å². The Morgan fingerprint density at radius 1 is 1.00 bits per heavy atom. The summed E-state index contributed by atoms with van der Waals surface area (Å²) in [4.78, 5) is 63.6. The van der Waals surface area contributed by atoms with Gasteiger partial charge in [-0.15, -0.1) is 0 Å². The van der Waals surface area contributed by atoms with Gasteiger partial charge in [0.1, 0.15) is 18.1 Å². The number of carbonyl (C=O) groups excluding carboxylic acids is 3. The molecular formula is C19H30N4O7. The summed E-state index contributed by atoms with van der Waals surface area (Å²) in [6.45, 7) is 3.97. The van der Waals surface area contributed by atoms with E-state index in [1.54, 1.807) is 13.8 Å². The van der Waals surface area contributed by atoms with Crippen LogP contribution in [0.25, 0.3) is 0 Å². The third kappa shape index (κ3) is 5.26. The molecule has 0 bridgehead atoms. The first-order chi connectivity index (χ1) is 14.0. The molecule has 11 heteroatoms. The van der Waals surface area contributed by atoms with Crippen LogP contribution in [-0.2, 0) is 24.0 Å². The van der Waals surface area contributed by atoms with Gasteiger partial charge in [0.15, 0.2) is 0 Å². The van der Waals surface area contributed by atoms with Crippen LogP contribution in [0.1, 0.15) is 46.0 Å². The van der Waals surface area contributed by atoms with Crippen LogP contribution >= 0.6 is 0 Å². The van der Waals surface area contributed by atoms with Crippen molar-refractivity contribution in [1.29, 1.82) is 0 Å². The molecule has 168 valence electrons. The average Bonchev–Trinajstić information content (AvgIpc) is 3.34. The summed E-state index contributed by atoms with van der Waals surface area (Å²) in [5.74, 6) is -4.35.